The fourth-order valence-electron chi connectivity index (χ4n) is 5.46. The predicted molar refractivity (Wildman–Crippen MR) is 158 cm³/mol. The van der Waals surface area contributed by atoms with E-state index in [2.05, 4.69) is 0 Å². The van der Waals surface area contributed by atoms with Crippen LogP contribution < -0.4 is 4.18 Å². The Morgan fingerprint density at radius 3 is 1.98 bits per heavy atom. The molecule has 0 saturated carbocycles. The summed E-state index contributed by atoms with van der Waals surface area (Å²) in [6, 6.07) is 25.7. The van der Waals surface area contributed by atoms with Gasteiger partial charge >= 0.3 is 10.1 Å². The first-order chi connectivity index (χ1) is 19.7. The third-order valence-electron chi connectivity index (χ3n) is 7.39. The van der Waals surface area contributed by atoms with Gasteiger partial charge in [0.25, 0.3) is 0 Å². The molecule has 0 radical (unpaired) electrons. The molecule has 2 aliphatic heterocycles. The highest BCUT2D eigenvalue weighted by atomic mass is 32.2. The fraction of sp³-hybridized carbons (Fsp3) is 0.152. The normalized spacial score (nSPS) is 20.2. The minimum absolute atomic E-state index is 0.0270. The molecule has 3 N–H and O–H groups in total. The molecule has 2 aliphatic rings. The minimum atomic E-state index is -4.02. The van der Waals surface area contributed by atoms with Crippen LogP contribution >= 0.6 is 0 Å². The number of hydrogen-bond donors (Lipinski definition) is 3. The average Bonchev–Trinajstić information content (AvgIpc) is 3.54. The lowest BCUT2D eigenvalue weighted by Crippen LogP contribution is -2.35. The first-order valence-corrected chi connectivity index (χ1v) is 14.6. The van der Waals surface area contributed by atoms with Crippen molar-refractivity contribution in [2.24, 2.45) is 0 Å². The van der Waals surface area contributed by atoms with Gasteiger partial charge in [0, 0.05) is 12.5 Å². The highest BCUT2D eigenvalue weighted by Gasteiger charge is 2.53. The molecule has 4 aromatic carbocycles. The molecule has 1 fully saturated rings. The van der Waals surface area contributed by atoms with E-state index in [1.54, 1.807) is 54.6 Å². The largest absolute Gasteiger partial charge is 0.508 e. The summed E-state index contributed by atoms with van der Waals surface area (Å²) in [5.74, 6) is 0.351. The van der Waals surface area contributed by atoms with Gasteiger partial charge in [-0.25, -0.2) is 0 Å². The lowest BCUT2D eigenvalue weighted by Gasteiger charge is -2.24. The quantitative estimate of drug-likeness (QED) is 0.181. The van der Waals surface area contributed by atoms with Gasteiger partial charge in [0.05, 0.1) is 6.10 Å². The summed E-state index contributed by atoms with van der Waals surface area (Å²) in [6.07, 6.45) is 2.72. The Morgan fingerprint density at radius 2 is 1.32 bits per heavy atom. The van der Waals surface area contributed by atoms with Crippen LogP contribution in [0.3, 0.4) is 0 Å². The van der Waals surface area contributed by atoms with Crippen molar-refractivity contribution in [3.05, 3.63) is 119 Å². The molecule has 0 amide bonds. The zero-order valence-electron chi connectivity index (χ0n) is 22.1. The standard InChI is InChI=1S/C33H28O7S/c1-20-2-14-28(15-3-20)40-41(37,38)30-19-29-31(23-10-12-25(34)13-11-23)32(33(30)39-29)24-8-6-21(7-9-24)4-5-22-16-26(35)18-27(36)17-22/h2-18,29-30,33-36H,19H2,1H3. The molecule has 2 heterocycles. The van der Waals surface area contributed by atoms with Crippen molar-refractivity contribution in [2.75, 3.05) is 0 Å². The third-order valence-corrected chi connectivity index (χ3v) is 8.99. The number of hydrogen-bond acceptors (Lipinski definition) is 7. The van der Waals surface area contributed by atoms with Crippen LogP contribution in [0.4, 0.5) is 0 Å². The molecule has 8 heteroatoms. The highest BCUT2D eigenvalue weighted by molar-refractivity contribution is 7.87. The zero-order valence-corrected chi connectivity index (χ0v) is 23.0. The van der Waals surface area contributed by atoms with Crippen LogP contribution in [0.2, 0.25) is 0 Å². The third kappa shape index (κ3) is 5.44. The number of phenols is 3. The van der Waals surface area contributed by atoms with Gasteiger partial charge in [-0.1, -0.05) is 66.2 Å². The molecular weight excluding hydrogens is 540 g/mol. The molecule has 0 aromatic heterocycles. The van der Waals surface area contributed by atoms with Gasteiger partial charge < -0.3 is 24.2 Å². The van der Waals surface area contributed by atoms with Crippen molar-refractivity contribution in [1.82, 2.24) is 0 Å². The van der Waals surface area contributed by atoms with Crippen molar-refractivity contribution in [3.63, 3.8) is 0 Å². The monoisotopic (exact) mass is 568 g/mol. The van der Waals surface area contributed by atoms with Crippen LogP contribution in [0, 0.1) is 6.92 Å². The molecule has 6 rings (SSSR count). The Kier molecular flexibility index (Phi) is 6.81. The summed E-state index contributed by atoms with van der Waals surface area (Å²) in [7, 11) is -4.02. The van der Waals surface area contributed by atoms with E-state index in [0.29, 0.717) is 5.56 Å². The molecule has 1 saturated heterocycles. The number of aryl methyl sites for hydroxylation is 1. The molecule has 41 heavy (non-hydrogen) atoms. The molecule has 0 spiro atoms. The Bertz CT molecular complexity index is 1730. The van der Waals surface area contributed by atoms with Crippen LogP contribution in [-0.2, 0) is 14.9 Å². The van der Waals surface area contributed by atoms with E-state index < -0.39 is 27.6 Å². The van der Waals surface area contributed by atoms with E-state index in [-0.39, 0.29) is 29.4 Å². The second kappa shape index (κ2) is 10.5. The van der Waals surface area contributed by atoms with Gasteiger partial charge in [-0.2, -0.15) is 8.42 Å². The van der Waals surface area contributed by atoms with Crippen molar-refractivity contribution < 1.29 is 32.7 Å². The zero-order chi connectivity index (χ0) is 28.7. The van der Waals surface area contributed by atoms with Gasteiger partial charge in [0.2, 0.25) is 0 Å². The lowest BCUT2D eigenvalue weighted by atomic mass is 9.83. The van der Waals surface area contributed by atoms with Crippen LogP contribution in [0.25, 0.3) is 23.3 Å². The number of fused-ring (bicyclic) bond motifs is 2. The van der Waals surface area contributed by atoms with Crippen molar-refractivity contribution in [1.29, 1.82) is 0 Å². The van der Waals surface area contributed by atoms with Gasteiger partial charge in [0.15, 0.2) is 0 Å². The van der Waals surface area contributed by atoms with Gasteiger partial charge in [-0.15, -0.1) is 0 Å². The van der Waals surface area contributed by atoms with Crippen molar-refractivity contribution >= 4 is 33.4 Å². The summed E-state index contributed by atoms with van der Waals surface area (Å²) in [5.41, 5.74) is 5.87. The first kappa shape index (κ1) is 26.7. The number of aromatic hydroxyl groups is 3. The number of benzene rings is 4. The predicted octanol–water partition coefficient (Wildman–Crippen LogP) is 6.14. The Labute approximate surface area is 238 Å². The van der Waals surface area contributed by atoms with Gasteiger partial charge in [0.1, 0.15) is 34.4 Å². The minimum Gasteiger partial charge on any atom is -0.508 e. The molecule has 4 aromatic rings. The SMILES string of the molecule is Cc1ccc(OS(=O)(=O)C2CC3OC2C(c2ccc(C=Cc4cc(O)cc(O)c4)cc2)=C3c2ccc(O)cc2)cc1. The van der Waals surface area contributed by atoms with E-state index in [4.69, 9.17) is 8.92 Å². The second-order valence-corrected chi connectivity index (χ2v) is 12.1. The smallest absolute Gasteiger partial charge is 0.315 e. The van der Waals surface area contributed by atoms with E-state index >= 15 is 0 Å². The van der Waals surface area contributed by atoms with Crippen LogP contribution in [-0.4, -0.2) is 41.2 Å². The van der Waals surface area contributed by atoms with E-state index in [1.807, 2.05) is 49.4 Å². The molecule has 3 atom stereocenters. The van der Waals surface area contributed by atoms with Gasteiger partial charge in [-0.05, 0) is 76.7 Å². The molecular formula is C33H28O7S. The topological polar surface area (TPSA) is 113 Å². The molecule has 3 unspecified atom stereocenters. The van der Waals surface area contributed by atoms with E-state index in [9.17, 15) is 23.7 Å². The Morgan fingerprint density at radius 1 is 0.732 bits per heavy atom. The summed E-state index contributed by atoms with van der Waals surface area (Å²) in [4.78, 5) is 0. The lowest BCUT2D eigenvalue weighted by molar-refractivity contribution is 0.128. The van der Waals surface area contributed by atoms with E-state index in [1.165, 1.54) is 6.07 Å². The maximum atomic E-state index is 13.5. The Balaban J connectivity index is 1.34. The van der Waals surface area contributed by atoms with Gasteiger partial charge in [-0.3, -0.25) is 0 Å². The van der Waals surface area contributed by atoms with Crippen LogP contribution in [0.1, 0.15) is 34.2 Å². The van der Waals surface area contributed by atoms with Crippen LogP contribution in [0.15, 0.2) is 91.0 Å². The summed E-state index contributed by atoms with van der Waals surface area (Å²) < 4.78 is 38.8. The number of phenolic OH excluding ortho intramolecular Hbond substituents is 3. The van der Waals surface area contributed by atoms with Crippen molar-refractivity contribution in [3.8, 4) is 23.0 Å². The van der Waals surface area contributed by atoms with Crippen LogP contribution in [0.5, 0.6) is 23.0 Å². The summed E-state index contributed by atoms with van der Waals surface area (Å²) in [6.45, 7) is 1.92. The van der Waals surface area contributed by atoms with E-state index in [0.717, 1.165) is 33.4 Å². The Hall–Kier alpha value is -4.53. The maximum absolute atomic E-state index is 13.5. The number of ether oxygens (including phenoxy) is 1. The average molecular weight is 569 g/mol. The van der Waals surface area contributed by atoms with Crippen molar-refractivity contribution in [2.45, 2.75) is 30.8 Å². The highest BCUT2D eigenvalue weighted by Crippen LogP contribution is 2.51. The number of rotatable bonds is 7. The molecule has 208 valence electrons. The molecule has 0 aliphatic carbocycles. The fourth-order valence-corrected chi connectivity index (χ4v) is 6.88. The second-order valence-electron chi connectivity index (χ2n) is 10.3. The molecule has 7 nitrogen and oxygen atoms in total. The summed E-state index contributed by atoms with van der Waals surface area (Å²) in [5, 5.41) is 28.4. The first-order valence-electron chi connectivity index (χ1n) is 13.2. The summed E-state index contributed by atoms with van der Waals surface area (Å²) >= 11 is 0. The maximum Gasteiger partial charge on any atom is 0.315 e. The molecule has 2 bridgehead atoms.